The van der Waals surface area contributed by atoms with Gasteiger partial charge < -0.3 is 9.80 Å². The molecule has 0 bridgehead atoms. The van der Waals surface area contributed by atoms with E-state index in [4.69, 9.17) is 0 Å². The van der Waals surface area contributed by atoms with Crippen molar-refractivity contribution in [3.63, 3.8) is 0 Å². The average molecular weight is 384 g/mol. The van der Waals surface area contributed by atoms with E-state index >= 15 is 0 Å². The van der Waals surface area contributed by atoms with Crippen molar-refractivity contribution in [3.05, 3.63) is 52.5 Å². The highest BCUT2D eigenvalue weighted by atomic mass is 32.1. The second-order valence-corrected chi connectivity index (χ2v) is 8.83. The third-order valence-corrected chi connectivity index (χ3v) is 6.56. The van der Waals surface area contributed by atoms with Gasteiger partial charge in [-0.2, -0.15) is 0 Å². The van der Waals surface area contributed by atoms with Crippen LogP contribution in [0.5, 0.6) is 0 Å². The molecule has 2 fully saturated rings. The molecule has 142 valence electrons. The maximum atomic E-state index is 13.4. The third kappa shape index (κ3) is 3.63. The summed E-state index contributed by atoms with van der Waals surface area (Å²) in [5.74, 6) is 0.530. The number of amides is 2. The fourth-order valence-corrected chi connectivity index (χ4v) is 4.74. The number of carbonyl (C=O) groups excluding carboxylic acids is 2. The molecule has 5 nitrogen and oxygen atoms in total. The van der Waals surface area contributed by atoms with Crippen molar-refractivity contribution in [2.75, 3.05) is 20.1 Å². The molecule has 0 unspecified atom stereocenters. The number of hydrogen-bond acceptors (Lipinski definition) is 4. The number of carbonyl (C=O) groups is 2. The van der Waals surface area contributed by atoms with E-state index in [0.29, 0.717) is 26.1 Å². The van der Waals surface area contributed by atoms with Crippen molar-refractivity contribution in [3.8, 4) is 0 Å². The van der Waals surface area contributed by atoms with Crippen molar-refractivity contribution in [2.24, 2.45) is 11.3 Å². The lowest BCUT2D eigenvalue weighted by molar-refractivity contribution is -0.163. The molecule has 1 aliphatic carbocycles. The van der Waals surface area contributed by atoms with E-state index < -0.39 is 5.41 Å². The van der Waals surface area contributed by atoms with Gasteiger partial charge in [0, 0.05) is 37.6 Å². The molecule has 0 radical (unpaired) electrons. The fraction of sp³-hybridized carbons (Fsp3) is 0.476. The van der Waals surface area contributed by atoms with E-state index in [1.165, 1.54) is 0 Å². The van der Waals surface area contributed by atoms with Crippen LogP contribution in [0, 0.1) is 11.3 Å². The van der Waals surface area contributed by atoms with E-state index in [2.05, 4.69) is 17.1 Å². The largest absolute Gasteiger partial charge is 0.340 e. The van der Waals surface area contributed by atoms with E-state index in [-0.39, 0.29) is 17.7 Å². The Hall–Kier alpha value is -2.21. The van der Waals surface area contributed by atoms with Gasteiger partial charge in [0.15, 0.2) is 0 Å². The van der Waals surface area contributed by atoms with Gasteiger partial charge in [0.1, 0.15) is 5.01 Å². The summed E-state index contributed by atoms with van der Waals surface area (Å²) in [6, 6.07) is 10.1. The summed E-state index contributed by atoms with van der Waals surface area (Å²) in [5, 5.41) is 2.86. The Morgan fingerprint density at radius 2 is 2.00 bits per heavy atom. The van der Waals surface area contributed by atoms with Crippen molar-refractivity contribution >= 4 is 23.2 Å². The van der Waals surface area contributed by atoms with Gasteiger partial charge in [0.2, 0.25) is 11.8 Å². The van der Waals surface area contributed by atoms with Gasteiger partial charge in [-0.25, -0.2) is 4.98 Å². The van der Waals surface area contributed by atoms with Crippen LogP contribution >= 0.6 is 11.3 Å². The van der Waals surface area contributed by atoms with Gasteiger partial charge in [-0.05, 0) is 24.8 Å². The molecule has 1 saturated heterocycles. The highest BCUT2D eigenvalue weighted by Gasteiger charge is 2.53. The smallest absolute Gasteiger partial charge is 0.232 e. The standard InChI is InChI=1S/C21H25N3O2S/c1-23(13-18-22-10-11-27-18)20(26)21(12-16-6-3-2-4-7-16)14-24(15-21)19(25)17-8-5-9-17/h2-4,6-7,10-11,17H,5,8-9,12-15H2,1H3. The van der Waals surface area contributed by atoms with E-state index in [9.17, 15) is 9.59 Å². The number of nitrogens with zero attached hydrogens (tertiary/aromatic N) is 3. The maximum Gasteiger partial charge on any atom is 0.232 e. The van der Waals surface area contributed by atoms with Crippen LogP contribution in [0.4, 0.5) is 0 Å². The lowest BCUT2D eigenvalue weighted by Crippen LogP contribution is -2.66. The number of rotatable bonds is 6. The molecule has 2 aliphatic rings. The van der Waals surface area contributed by atoms with Crippen LogP contribution in [0.25, 0.3) is 0 Å². The molecule has 2 aromatic rings. The van der Waals surface area contributed by atoms with Gasteiger partial charge in [-0.15, -0.1) is 11.3 Å². The zero-order valence-corrected chi connectivity index (χ0v) is 16.5. The van der Waals surface area contributed by atoms with Gasteiger partial charge in [0.05, 0.1) is 12.0 Å². The number of likely N-dealkylation sites (tertiary alicyclic amines) is 1. The normalized spacial score (nSPS) is 18.5. The molecule has 0 spiro atoms. The number of aromatic nitrogens is 1. The highest BCUT2D eigenvalue weighted by Crippen LogP contribution is 2.39. The van der Waals surface area contributed by atoms with Crippen LogP contribution in [0.2, 0.25) is 0 Å². The first-order valence-corrected chi connectivity index (χ1v) is 10.4. The molecule has 27 heavy (non-hydrogen) atoms. The van der Waals surface area contributed by atoms with E-state index in [1.807, 2.05) is 35.5 Å². The van der Waals surface area contributed by atoms with E-state index in [1.54, 1.807) is 22.4 Å². The van der Waals surface area contributed by atoms with Crippen LogP contribution < -0.4 is 0 Å². The molecule has 1 aliphatic heterocycles. The second-order valence-electron chi connectivity index (χ2n) is 7.85. The van der Waals surface area contributed by atoms with Gasteiger partial charge in [-0.1, -0.05) is 36.8 Å². The summed E-state index contributed by atoms with van der Waals surface area (Å²) in [5.41, 5.74) is 0.622. The molecule has 1 aromatic carbocycles. The Labute approximate surface area is 164 Å². The van der Waals surface area contributed by atoms with Gasteiger partial charge in [-0.3, -0.25) is 9.59 Å². The summed E-state index contributed by atoms with van der Waals surface area (Å²) in [6.07, 6.45) is 5.58. The highest BCUT2D eigenvalue weighted by molar-refractivity contribution is 7.09. The van der Waals surface area contributed by atoms with Gasteiger partial charge in [0.25, 0.3) is 0 Å². The number of hydrogen-bond donors (Lipinski definition) is 0. The molecule has 4 rings (SSSR count). The Morgan fingerprint density at radius 1 is 1.26 bits per heavy atom. The van der Waals surface area contributed by atoms with E-state index in [0.717, 1.165) is 29.8 Å². The van der Waals surface area contributed by atoms with Crippen LogP contribution in [0.3, 0.4) is 0 Å². The second kappa shape index (κ2) is 7.43. The molecule has 1 aromatic heterocycles. The van der Waals surface area contributed by atoms with Crippen molar-refractivity contribution in [2.45, 2.75) is 32.2 Å². The Morgan fingerprint density at radius 3 is 2.59 bits per heavy atom. The number of thiazole rings is 1. The van der Waals surface area contributed by atoms with Gasteiger partial charge >= 0.3 is 0 Å². The molecule has 6 heteroatoms. The summed E-state index contributed by atoms with van der Waals surface area (Å²) in [4.78, 5) is 33.9. The molecule has 2 heterocycles. The summed E-state index contributed by atoms with van der Waals surface area (Å²) >= 11 is 1.56. The molecular formula is C21H25N3O2S. The van der Waals surface area contributed by atoms with Crippen molar-refractivity contribution < 1.29 is 9.59 Å². The first-order chi connectivity index (χ1) is 13.1. The first kappa shape index (κ1) is 18.2. The first-order valence-electron chi connectivity index (χ1n) is 9.54. The predicted octanol–water partition coefficient (Wildman–Crippen LogP) is 2.97. The monoisotopic (exact) mass is 383 g/mol. The van der Waals surface area contributed by atoms with Crippen LogP contribution in [0.15, 0.2) is 41.9 Å². The summed E-state index contributed by atoms with van der Waals surface area (Å²) in [6.45, 7) is 1.57. The fourth-order valence-electron chi connectivity index (χ4n) is 4.07. The summed E-state index contributed by atoms with van der Waals surface area (Å²) < 4.78 is 0. The van der Waals surface area contributed by atoms with Crippen molar-refractivity contribution in [1.82, 2.24) is 14.8 Å². The van der Waals surface area contributed by atoms with Crippen molar-refractivity contribution in [1.29, 1.82) is 0 Å². The summed E-state index contributed by atoms with van der Waals surface area (Å²) in [7, 11) is 1.84. The molecule has 2 amide bonds. The minimum absolute atomic E-state index is 0.110. The quantitative estimate of drug-likeness (QED) is 0.771. The average Bonchev–Trinajstić information content (AvgIpc) is 3.09. The lowest BCUT2D eigenvalue weighted by atomic mass is 9.72. The SMILES string of the molecule is CN(Cc1nccs1)C(=O)C1(Cc2ccccc2)CN(C(=O)C2CCC2)C1. The topological polar surface area (TPSA) is 53.5 Å². The Kier molecular flexibility index (Phi) is 5.00. The molecule has 0 N–H and O–H groups in total. The Balaban J connectivity index is 1.49. The van der Waals surface area contributed by atoms with Crippen LogP contribution in [-0.4, -0.2) is 46.7 Å². The number of benzene rings is 1. The predicted molar refractivity (Wildman–Crippen MR) is 105 cm³/mol. The Bertz CT molecular complexity index is 796. The van der Waals surface area contributed by atoms with Crippen LogP contribution in [0.1, 0.15) is 29.8 Å². The molecule has 1 saturated carbocycles. The van der Waals surface area contributed by atoms with Crippen LogP contribution in [-0.2, 0) is 22.6 Å². The zero-order valence-electron chi connectivity index (χ0n) is 15.6. The minimum Gasteiger partial charge on any atom is -0.340 e. The lowest BCUT2D eigenvalue weighted by Gasteiger charge is -2.51. The third-order valence-electron chi connectivity index (χ3n) is 5.79. The maximum absolute atomic E-state index is 13.4. The molecule has 0 atom stereocenters. The minimum atomic E-state index is -0.521. The molecular weight excluding hydrogens is 358 g/mol. The zero-order chi connectivity index (χ0) is 18.9.